The zero-order valence-electron chi connectivity index (χ0n) is 9.28. The van der Waals surface area contributed by atoms with Crippen molar-refractivity contribution in [3.8, 4) is 0 Å². The molecular formula is C10H18N2O3. The monoisotopic (exact) mass is 214 g/mol. The smallest absolute Gasteiger partial charge is 0.224 e. The summed E-state index contributed by atoms with van der Waals surface area (Å²) in [6, 6.07) is 0. The van der Waals surface area contributed by atoms with E-state index in [1.807, 2.05) is 6.92 Å². The predicted molar refractivity (Wildman–Crippen MR) is 55.3 cm³/mol. The Morgan fingerprint density at radius 2 is 2.27 bits per heavy atom. The Hall–Kier alpha value is -1.10. The quantitative estimate of drug-likeness (QED) is 0.705. The van der Waals surface area contributed by atoms with Crippen LogP contribution >= 0.6 is 0 Å². The molecule has 1 unspecified atom stereocenters. The molecule has 15 heavy (non-hydrogen) atoms. The summed E-state index contributed by atoms with van der Waals surface area (Å²) in [5, 5.41) is 2.61. The van der Waals surface area contributed by atoms with Crippen molar-refractivity contribution >= 4 is 11.8 Å². The van der Waals surface area contributed by atoms with Crippen molar-refractivity contribution in [2.45, 2.75) is 26.4 Å². The van der Waals surface area contributed by atoms with Crippen molar-refractivity contribution in [2.24, 2.45) is 0 Å². The SMILES string of the molecule is CC(=O)NCCC(=O)N1CCOC(C)C1. The molecular weight excluding hydrogens is 196 g/mol. The highest BCUT2D eigenvalue weighted by molar-refractivity contribution is 5.78. The van der Waals surface area contributed by atoms with Gasteiger partial charge >= 0.3 is 0 Å². The Morgan fingerprint density at radius 1 is 1.53 bits per heavy atom. The molecule has 0 bridgehead atoms. The van der Waals surface area contributed by atoms with E-state index in [1.54, 1.807) is 4.90 Å². The molecule has 5 heteroatoms. The van der Waals surface area contributed by atoms with E-state index in [-0.39, 0.29) is 17.9 Å². The molecule has 0 radical (unpaired) electrons. The Labute approximate surface area is 89.8 Å². The molecule has 2 amide bonds. The number of morpholine rings is 1. The van der Waals surface area contributed by atoms with Gasteiger partial charge in [0, 0.05) is 33.0 Å². The number of nitrogens with zero attached hydrogens (tertiary/aromatic N) is 1. The number of carbonyl (C=O) groups is 2. The van der Waals surface area contributed by atoms with Crippen LogP contribution in [0.25, 0.3) is 0 Å². The lowest BCUT2D eigenvalue weighted by Gasteiger charge is -2.31. The first-order valence-electron chi connectivity index (χ1n) is 5.23. The number of carbonyl (C=O) groups excluding carboxylic acids is 2. The maximum atomic E-state index is 11.6. The van der Waals surface area contributed by atoms with Gasteiger partial charge in [-0.15, -0.1) is 0 Å². The predicted octanol–water partition coefficient (Wildman–Crippen LogP) is -0.240. The van der Waals surface area contributed by atoms with E-state index in [9.17, 15) is 9.59 Å². The summed E-state index contributed by atoms with van der Waals surface area (Å²) in [7, 11) is 0. The van der Waals surface area contributed by atoms with Crippen LogP contribution in [0.15, 0.2) is 0 Å². The summed E-state index contributed by atoms with van der Waals surface area (Å²) >= 11 is 0. The molecule has 0 saturated carbocycles. The van der Waals surface area contributed by atoms with Gasteiger partial charge < -0.3 is 15.0 Å². The van der Waals surface area contributed by atoms with Gasteiger partial charge in [0.1, 0.15) is 0 Å². The van der Waals surface area contributed by atoms with Gasteiger partial charge in [0.05, 0.1) is 12.7 Å². The van der Waals surface area contributed by atoms with Crippen molar-refractivity contribution in [1.29, 1.82) is 0 Å². The third-order valence-electron chi connectivity index (χ3n) is 2.31. The first kappa shape index (κ1) is 12.0. The second-order valence-electron chi connectivity index (χ2n) is 3.75. The van der Waals surface area contributed by atoms with Crippen molar-refractivity contribution in [1.82, 2.24) is 10.2 Å². The van der Waals surface area contributed by atoms with Crippen LogP contribution in [0.5, 0.6) is 0 Å². The third kappa shape index (κ3) is 4.29. The normalized spacial score (nSPS) is 21.2. The largest absolute Gasteiger partial charge is 0.375 e. The van der Waals surface area contributed by atoms with Crippen LogP contribution in [-0.2, 0) is 14.3 Å². The van der Waals surface area contributed by atoms with E-state index in [2.05, 4.69) is 5.32 Å². The molecule has 0 aromatic rings. The average molecular weight is 214 g/mol. The highest BCUT2D eigenvalue weighted by Gasteiger charge is 2.20. The minimum atomic E-state index is -0.0989. The lowest BCUT2D eigenvalue weighted by atomic mass is 10.2. The van der Waals surface area contributed by atoms with Crippen LogP contribution in [0.1, 0.15) is 20.3 Å². The first-order chi connectivity index (χ1) is 7.09. The van der Waals surface area contributed by atoms with Crippen molar-refractivity contribution in [3.63, 3.8) is 0 Å². The van der Waals surface area contributed by atoms with Gasteiger partial charge in [-0.3, -0.25) is 9.59 Å². The van der Waals surface area contributed by atoms with E-state index in [0.717, 1.165) is 0 Å². The van der Waals surface area contributed by atoms with E-state index in [1.165, 1.54) is 6.92 Å². The van der Waals surface area contributed by atoms with Gasteiger partial charge in [-0.1, -0.05) is 0 Å². The lowest BCUT2D eigenvalue weighted by Crippen LogP contribution is -2.45. The highest BCUT2D eigenvalue weighted by Crippen LogP contribution is 2.05. The van der Waals surface area contributed by atoms with E-state index in [4.69, 9.17) is 4.74 Å². The molecule has 1 rings (SSSR count). The zero-order valence-corrected chi connectivity index (χ0v) is 9.28. The Bertz CT molecular complexity index is 243. The zero-order chi connectivity index (χ0) is 11.3. The second-order valence-corrected chi connectivity index (χ2v) is 3.75. The fraction of sp³-hybridized carbons (Fsp3) is 0.800. The van der Waals surface area contributed by atoms with Gasteiger partial charge in [-0.25, -0.2) is 0 Å². The molecule has 1 aliphatic heterocycles. The maximum absolute atomic E-state index is 11.6. The summed E-state index contributed by atoms with van der Waals surface area (Å²) in [5.41, 5.74) is 0. The standard InChI is InChI=1S/C10H18N2O3/c1-8-7-12(5-6-15-8)10(14)3-4-11-9(2)13/h8H,3-7H2,1-2H3,(H,11,13). The topological polar surface area (TPSA) is 58.6 Å². The summed E-state index contributed by atoms with van der Waals surface area (Å²) in [6.07, 6.45) is 0.482. The van der Waals surface area contributed by atoms with Gasteiger partial charge in [0.15, 0.2) is 0 Å². The molecule has 0 aromatic heterocycles. The fourth-order valence-electron chi connectivity index (χ4n) is 1.55. The van der Waals surface area contributed by atoms with Gasteiger partial charge in [-0.2, -0.15) is 0 Å². The van der Waals surface area contributed by atoms with Crippen LogP contribution in [0.4, 0.5) is 0 Å². The second kappa shape index (κ2) is 5.70. The summed E-state index contributed by atoms with van der Waals surface area (Å²) in [5.74, 6) is -0.0166. The molecule has 5 nitrogen and oxygen atoms in total. The number of amides is 2. The molecule has 1 atom stereocenters. The average Bonchev–Trinajstić information content (AvgIpc) is 2.17. The van der Waals surface area contributed by atoms with Crippen LogP contribution < -0.4 is 5.32 Å². The van der Waals surface area contributed by atoms with Crippen LogP contribution in [0.3, 0.4) is 0 Å². The third-order valence-corrected chi connectivity index (χ3v) is 2.31. The molecule has 86 valence electrons. The van der Waals surface area contributed by atoms with E-state index >= 15 is 0 Å². The minimum absolute atomic E-state index is 0.0823. The van der Waals surface area contributed by atoms with E-state index in [0.29, 0.717) is 32.7 Å². The summed E-state index contributed by atoms with van der Waals surface area (Å²) in [4.78, 5) is 24.0. The minimum Gasteiger partial charge on any atom is -0.375 e. The Balaban J connectivity index is 2.24. The molecule has 1 aliphatic rings. The number of ether oxygens (including phenoxy) is 1. The Kier molecular flexibility index (Phi) is 4.55. The summed E-state index contributed by atoms with van der Waals surface area (Å²) < 4.78 is 5.34. The lowest BCUT2D eigenvalue weighted by molar-refractivity contribution is -0.138. The molecule has 1 saturated heterocycles. The fourth-order valence-corrected chi connectivity index (χ4v) is 1.55. The number of hydrogen-bond donors (Lipinski definition) is 1. The van der Waals surface area contributed by atoms with Crippen molar-refractivity contribution in [2.75, 3.05) is 26.2 Å². The number of nitrogens with one attached hydrogen (secondary N) is 1. The molecule has 1 heterocycles. The van der Waals surface area contributed by atoms with Crippen molar-refractivity contribution in [3.05, 3.63) is 0 Å². The number of rotatable bonds is 3. The number of hydrogen-bond acceptors (Lipinski definition) is 3. The van der Waals surface area contributed by atoms with Gasteiger partial charge in [0.25, 0.3) is 0 Å². The van der Waals surface area contributed by atoms with Crippen molar-refractivity contribution < 1.29 is 14.3 Å². The van der Waals surface area contributed by atoms with E-state index < -0.39 is 0 Å². The van der Waals surface area contributed by atoms with Crippen LogP contribution in [0.2, 0.25) is 0 Å². The summed E-state index contributed by atoms with van der Waals surface area (Å²) in [6.45, 7) is 5.73. The maximum Gasteiger partial charge on any atom is 0.224 e. The van der Waals surface area contributed by atoms with Gasteiger partial charge in [-0.05, 0) is 6.92 Å². The van der Waals surface area contributed by atoms with Crippen LogP contribution in [-0.4, -0.2) is 49.1 Å². The molecule has 1 fully saturated rings. The molecule has 1 N–H and O–H groups in total. The van der Waals surface area contributed by atoms with Crippen LogP contribution in [0, 0.1) is 0 Å². The highest BCUT2D eigenvalue weighted by atomic mass is 16.5. The van der Waals surface area contributed by atoms with Gasteiger partial charge in [0.2, 0.25) is 11.8 Å². The molecule has 0 aromatic carbocycles. The molecule has 0 spiro atoms. The molecule has 0 aliphatic carbocycles. The first-order valence-corrected chi connectivity index (χ1v) is 5.23. The Morgan fingerprint density at radius 3 is 2.87 bits per heavy atom.